The highest BCUT2D eigenvalue weighted by Crippen LogP contribution is 2.09. The Balaban J connectivity index is 1.77. The molecule has 2 rings (SSSR count). The van der Waals surface area contributed by atoms with Gasteiger partial charge < -0.3 is 19.9 Å². The van der Waals surface area contributed by atoms with E-state index in [2.05, 4.69) is 5.32 Å². The summed E-state index contributed by atoms with van der Waals surface area (Å²) in [7, 11) is 0. The molecule has 7 nitrogen and oxygen atoms in total. The number of benzene rings is 1. The lowest BCUT2D eigenvalue weighted by Gasteiger charge is -2.22. The number of alkyl carbamates (subject to hydrolysis) is 1. The number of aryl methyl sites for hydroxylation is 1. The predicted octanol–water partition coefficient (Wildman–Crippen LogP) is 2.98. The minimum atomic E-state index is -0.567. The van der Waals surface area contributed by atoms with Gasteiger partial charge in [-0.3, -0.25) is 9.59 Å². The van der Waals surface area contributed by atoms with Crippen LogP contribution in [0.15, 0.2) is 30.3 Å². The van der Waals surface area contributed by atoms with Gasteiger partial charge in [-0.25, -0.2) is 4.79 Å². The van der Waals surface area contributed by atoms with Gasteiger partial charge in [0.15, 0.2) is 0 Å². The maximum atomic E-state index is 12.5. The molecule has 30 heavy (non-hydrogen) atoms. The molecule has 1 aliphatic heterocycles. The quantitative estimate of drug-likeness (QED) is 0.750. The van der Waals surface area contributed by atoms with Gasteiger partial charge in [0.1, 0.15) is 5.60 Å². The zero-order valence-electron chi connectivity index (χ0n) is 18.4. The van der Waals surface area contributed by atoms with E-state index >= 15 is 0 Å². The van der Waals surface area contributed by atoms with Crippen molar-refractivity contribution in [2.24, 2.45) is 0 Å². The zero-order valence-corrected chi connectivity index (χ0v) is 18.4. The number of carbonyl (C=O) groups excluding carboxylic acids is 3. The Bertz CT molecular complexity index is 783. The molecule has 1 heterocycles. The summed E-state index contributed by atoms with van der Waals surface area (Å²) in [6.45, 7) is 9.84. The van der Waals surface area contributed by atoms with Crippen LogP contribution in [0.5, 0.6) is 0 Å². The van der Waals surface area contributed by atoms with Gasteiger partial charge >= 0.3 is 6.09 Å². The Hall–Kier alpha value is -2.83. The lowest BCUT2D eigenvalue weighted by Crippen LogP contribution is -2.39. The standard InChI is InChI=1S/C23H33N3O4/c1-18-7-5-8-19(17-18)9-10-20(27)25-13-6-14-26(16-15-25)21(28)11-12-24-22(29)30-23(2,3)4/h5,7-10,17H,6,11-16H2,1-4H3,(H,24,29)/b10-9+. The Morgan fingerprint density at radius 1 is 1.10 bits per heavy atom. The fourth-order valence-corrected chi connectivity index (χ4v) is 3.18. The fourth-order valence-electron chi connectivity index (χ4n) is 3.18. The molecule has 0 spiro atoms. The summed E-state index contributed by atoms with van der Waals surface area (Å²) in [4.78, 5) is 40.2. The van der Waals surface area contributed by atoms with E-state index in [4.69, 9.17) is 4.74 Å². The molecule has 0 aromatic heterocycles. The van der Waals surface area contributed by atoms with Crippen molar-refractivity contribution in [2.45, 2.75) is 46.1 Å². The second-order valence-corrected chi connectivity index (χ2v) is 8.49. The Morgan fingerprint density at radius 3 is 2.50 bits per heavy atom. The van der Waals surface area contributed by atoms with Gasteiger partial charge in [0.2, 0.25) is 11.8 Å². The summed E-state index contributed by atoms with van der Waals surface area (Å²) in [5, 5.41) is 2.61. The van der Waals surface area contributed by atoms with E-state index in [0.29, 0.717) is 26.2 Å². The van der Waals surface area contributed by atoms with Crippen LogP contribution in [0.2, 0.25) is 0 Å². The molecular formula is C23H33N3O4. The van der Waals surface area contributed by atoms with Crippen molar-refractivity contribution >= 4 is 24.0 Å². The average molecular weight is 416 g/mol. The summed E-state index contributed by atoms with van der Waals surface area (Å²) in [6, 6.07) is 7.97. The number of hydrogen-bond donors (Lipinski definition) is 1. The third-order valence-electron chi connectivity index (χ3n) is 4.63. The second-order valence-electron chi connectivity index (χ2n) is 8.49. The van der Waals surface area contributed by atoms with Gasteiger partial charge in [0.25, 0.3) is 0 Å². The van der Waals surface area contributed by atoms with E-state index in [1.807, 2.05) is 37.3 Å². The van der Waals surface area contributed by atoms with E-state index in [9.17, 15) is 14.4 Å². The van der Waals surface area contributed by atoms with Crippen LogP contribution >= 0.6 is 0 Å². The van der Waals surface area contributed by atoms with Crippen LogP contribution in [-0.4, -0.2) is 66.0 Å². The van der Waals surface area contributed by atoms with Crippen LogP contribution in [0.4, 0.5) is 4.79 Å². The van der Waals surface area contributed by atoms with Gasteiger partial charge in [0.05, 0.1) is 0 Å². The fraction of sp³-hybridized carbons (Fsp3) is 0.522. The molecule has 0 aliphatic carbocycles. The van der Waals surface area contributed by atoms with Crippen molar-refractivity contribution in [2.75, 3.05) is 32.7 Å². The van der Waals surface area contributed by atoms with Crippen LogP contribution in [0.25, 0.3) is 6.08 Å². The van der Waals surface area contributed by atoms with E-state index in [-0.39, 0.29) is 24.8 Å². The van der Waals surface area contributed by atoms with E-state index < -0.39 is 11.7 Å². The highest BCUT2D eigenvalue weighted by atomic mass is 16.6. The second kappa shape index (κ2) is 10.8. The minimum absolute atomic E-state index is 0.0318. The SMILES string of the molecule is Cc1cccc(/C=C/C(=O)N2CCCN(C(=O)CCNC(=O)OC(C)(C)C)CC2)c1. The lowest BCUT2D eigenvalue weighted by molar-refractivity contribution is -0.131. The van der Waals surface area contributed by atoms with Crippen molar-refractivity contribution < 1.29 is 19.1 Å². The third kappa shape index (κ3) is 8.27. The number of carbonyl (C=O) groups is 3. The van der Waals surface area contributed by atoms with Crippen LogP contribution in [0.3, 0.4) is 0 Å². The number of nitrogens with zero attached hydrogens (tertiary/aromatic N) is 2. The lowest BCUT2D eigenvalue weighted by atomic mass is 10.1. The highest BCUT2D eigenvalue weighted by molar-refractivity contribution is 5.91. The van der Waals surface area contributed by atoms with Crippen molar-refractivity contribution in [3.63, 3.8) is 0 Å². The molecule has 3 amide bonds. The topological polar surface area (TPSA) is 79.0 Å². The van der Waals surface area contributed by atoms with Crippen LogP contribution in [-0.2, 0) is 14.3 Å². The first-order valence-electron chi connectivity index (χ1n) is 10.4. The number of nitrogens with one attached hydrogen (secondary N) is 1. The minimum Gasteiger partial charge on any atom is -0.444 e. The molecule has 1 aromatic carbocycles. The molecule has 1 fully saturated rings. The Kier molecular flexibility index (Phi) is 8.45. The van der Waals surface area contributed by atoms with Gasteiger partial charge in [0, 0.05) is 45.2 Å². The van der Waals surface area contributed by atoms with Crippen LogP contribution < -0.4 is 5.32 Å². The molecule has 1 aliphatic rings. The zero-order chi connectivity index (χ0) is 22.1. The first-order chi connectivity index (χ1) is 14.1. The summed E-state index contributed by atoms with van der Waals surface area (Å²) < 4.78 is 5.16. The molecule has 0 bridgehead atoms. The first-order valence-corrected chi connectivity index (χ1v) is 10.4. The molecule has 7 heteroatoms. The molecule has 164 valence electrons. The van der Waals surface area contributed by atoms with Crippen LogP contribution in [0.1, 0.15) is 44.7 Å². The molecule has 0 radical (unpaired) electrons. The number of hydrogen-bond acceptors (Lipinski definition) is 4. The maximum Gasteiger partial charge on any atom is 0.407 e. The molecule has 0 saturated carbocycles. The number of ether oxygens (including phenoxy) is 1. The van der Waals surface area contributed by atoms with Gasteiger partial charge in [-0.05, 0) is 45.8 Å². The Labute approximate surface area is 179 Å². The average Bonchev–Trinajstić information content (AvgIpc) is 2.91. The normalized spacial score (nSPS) is 15.1. The van der Waals surface area contributed by atoms with Crippen molar-refractivity contribution in [3.8, 4) is 0 Å². The summed E-state index contributed by atoms with van der Waals surface area (Å²) in [5.74, 6) is -0.0759. The van der Waals surface area contributed by atoms with Crippen molar-refractivity contribution in [1.82, 2.24) is 15.1 Å². The summed E-state index contributed by atoms with van der Waals surface area (Å²) in [6.07, 6.45) is 3.83. The van der Waals surface area contributed by atoms with E-state index in [1.54, 1.807) is 36.6 Å². The first kappa shape index (κ1) is 23.4. The smallest absolute Gasteiger partial charge is 0.407 e. The van der Waals surface area contributed by atoms with Gasteiger partial charge in [-0.15, -0.1) is 0 Å². The maximum absolute atomic E-state index is 12.5. The molecule has 0 unspecified atom stereocenters. The molecule has 1 N–H and O–H groups in total. The number of rotatable bonds is 5. The number of amides is 3. The van der Waals surface area contributed by atoms with E-state index in [1.165, 1.54) is 0 Å². The monoisotopic (exact) mass is 415 g/mol. The van der Waals surface area contributed by atoms with E-state index in [0.717, 1.165) is 17.5 Å². The predicted molar refractivity (Wildman–Crippen MR) is 117 cm³/mol. The molecule has 1 saturated heterocycles. The largest absolute Gasteiger partial charge is 0.444 e. The van der Waals surface area contributed by atoms with Crippen molar-refractivity contribution in [3.05, 3.63) is 41.5 Å². The van der Waals surface area contributed by atoms with Crippen molar-refractivity contribution in [1.29, 1.82) is 0 Å². The highest BCUT2D eigenvalue weighted by Gasteiger charge is 2.21. The molecule has 0 atom stereocenters. The molecular weight excluding hydrogens is 382 g/mol. The van der Waals surface area contributed by atoms with Crippen LogP contribution in [0, 0.1) is 6.92 Å². The summed E-state index contributed by atoms with van der Waals surface area (Å²) in [5.41, 5.74) is 1.57. The van der Waals surface area contributed by atoms with Gasteiger partial charge in [-0.1, -0.05) is 29.8 Å². The molecule has 1 aromatic rings. The van der Waals surface area contributed by atoms with Gasteiger partial charge in [-0.2, -0.15) is 0 Å². The Morgan fingerprint density at radius 2 is 1.80 bits per heavy atom. The summed E-state index contributed by atoms with van der Waals surface area (Å²) >= 11 is 0. The third-order valence-corrected chi connectivity index (χ3v) is 4.63.